The van der Waals surface area contributed by atoms with E-state index in [2.05, 4.69) is 17.2 Å². The van der Waals surface area contributed by atoms with Crippen LogP contribution in [0.2, 0.25) is 0 Å². The lowest BCUT2D eigenvalue weighted by atomic mass is 10.3. The average molecular weight is 373 g/mol. The lowest BCUT2D eigenvalue weighted by molar-refractivity contribution is 0.0690. The highest BCUT2D eigenvalue weighted by Crippen LogP contribution is 1.91. The molecule has 0 aliphatic rings. The van der Waals surface area contributed by atoms with E-state index in [-0.39, 0.29) is 24.0 Å². The third-order valence-electron chi connectivity index (χ3n) is 2.25. The first-order chi connectivity index (χ1) is 8.31. The van der Waals surface area contributed by atoms with Crippen LogP contribution in [-0.4, -0.2) is 46.0 Å². The number of guanidine groups is 1. The molecule has 0 saturated carbocycles. The Hall–Kier alpha value is -0.0800. The minimum Gasteiger partial charge on any atom is -0.382 e. The standard InChI is InChI=1S/C12H27N3O2.HI/c1-3-4-7-14-12(13)15-8-5-6-9-17-11-10-16-2;/h3-11H2,1-2H3,(H3,13,14,15);1H. The molecule has 0 amide bonds. The number of nitrogens with zero attached hydrogens (tertiary/aromatic N) is 1. The van der Waals surface area contributed by atoms with E-state index in [1.807, 2.05) is 0 Å². The first-order valence-corrected chi connectivity index (χ1v) is 6.41. The van der Waals surface area contributed by atoms with E-state index in [9.17, 15) is 0 Å². The van der Waals surface area contributed by atoms with Crippen molar-refractivity contribution in [3.05, 3.63) is 0 Å². The molecular weight excluding hydrogens is 345 g/mol. The fourth-order valence-corrected chi connectivity index (χ4v) is 1.21. The van der Waals surface area contributed by atoms with Gasteiger partial charge >= 0.3 is 0 Å². The van der Waals surface area contributed by atoms with E-state index < -0.39 is 0 Å². The maximum Gasteiger partial charge on any atom is 0.188 e. The van der Waals surface area contributed by atoms with Gasteiger partial charge in [0.1, 0.15) is 0 Å². The second kappa shape index (κ2) is 16.9. The molecule has 0 fully saturated rings. The lowest BCUT2D eigenvalue weighted by Crippen LogP contribution is -2.32. The number of hydrogen-bond donors (Lipinski definition) is 2. The number of aliphatic imine (C=N–C) groups is 1. The summed E-state index contributed by atoms with van der Waals surface area (Å²) in [5.41, 5.74) is 5.69. The predicted octanol–water partition coefficient (Wildman–Crippen LogP) is 1.75. The lowest BCUT2D eigenvalue weighted by Gasteiger charge is -2.04. The van der Waals surface area contributed by atoms with Crippen molar-refractivity contribution in [3.63, 3.8) is 0 Å². The number of nitrogens with one attached hydrogen (secondary N) is 1. The number of hydrogen-bond acceptors (Lipinski definition) is 3. The Morgan fingerprint density at radius 1 is 1.17 bits per heavy atom. The van der Waals surface area contributed by atoms with Gasteiger partial charge in [0.05, 0.1) is 13.2 Å². The summed E-state index contributed by atoms with van der Waals surface area (Å²) in [7, 11) is 1.67. The summed E-state index contributed by atoms with van der Waals surface area (Å²) in [4.78, 5) is 4.23. The van der Waals surface area contributed by atoms with Gasteiger partial charge in [-0.2, -0.15) is 0 Å². The summed E-state index contributed by atoms with van der Waals surface area (Å²) in [6, 6.07) is 0. The second-order valence-corrected chi connectivity index (χ2v) is 3.86. The van der Waals surface area contributed by atoms with Gasteiger partial charge in [-0.3, -0.25) is 4.99 Å². The topological polar surface area (TPSA) is 68.9 Å². The smallest absolute Gasteiger partial charge is 0.188 e. The fraction of sp³-hybridized carbons (Fsp3) is 0.917. The van der Waals surface area contributed by atoms with Crippen LogP contribution in [0, 0.1) is 0 Å². The molecule has 0 rings (SSSR count). The largest absolute Gasteiger partial charge is 0.382 e. The van der Waals surface area contributed by atoms with Gasteiger partial charge in [-0.1, -0.05) is 13.3 Å². The van der Waals surface area contributed by atoms with Crippen LogP contribution in [-0.2, 0) is 9.47 Å². The monoisotopic (exact) mass is 373 g/mol. The summed E-state index contributed by atoms with van der Waals surface area (Å²) in [5, 5.41) is 3.08. The molecule has 0 bridgehead atoms. The molecule has 0 aromatic heterocycles. The zero-order valence-electron chi connectivity index (χ0n) is 11.6. The van der Waals surface area contributed by atoms with Gasteiger partial charge in [-0.25, -0.2) is 0 Å². The molecule has 0 spiro atoms. The van der Waals surface area contributed by atoms with E-state index in [0.29, 0.717) is 19.2 Å². The highest BCUT2D eigenvalue weighted by molar-refractivity contribution is 14.0. The third kappa shape index (κ3) is 15.9. The Balaban J connectivity index is 0. The second-order valence-electron chi connectivity index (χ2n) is 3.86. The molecule has 0 aliphatic heterocycles. The van der Waals surface area contributed by atoms with Crippen LogP contribution in [0.1, 0.15) is 32.6 Å². The predicted molar refractivity (Wildman–Crippen MR) is 86.7 cm³/mol. The fourth-order valence-electron chi connectivity index (χ4n) is 1.21. The number of rotatable bonds is 11. The molecule has 110 valence electrons. The van der Waals surface area contributed by atoms with Crippen molar-refractivity contribution in [2.24, 2.45) is 10.7 Å². The van der Waals surface area contributed by atoms with Gasteiger partial charge < -0.3 is 20.5 Å². The van der Waals surface area contributed by atoms with E-state index in [1.54, 1.807) is 7.11 Å². The van der Waals surface area contributed by atoms with Crippen molar-refractivity contribution in [1.82, 2.24) is 5.32 Å². The molecule has 0 unspecified atom stereocenters. The van der Waals surface area contributed by atoms with Crippen molar-refractivity contribution >= 4 is 29.9 Å². The SMILES string of the molecule is CCCCNC(N)=NCCCCOCCOC.I. The zero-order valence-corrected chi connectivity index (χ0v) is 13.9. The number of nitrogens with two attached hydrogens (primary N) is 1. The number of methoxy groups -OCH3 is 1. The van der Waals surface area contributed by atoms with Crippen LogP contribution in [0.15, 0.2) is 4.99 Å². The summed E-state index contributed by atoms with van der Waals surface area (Å²) in [6.07, 6.45) is 4.31. The van der Waals surface area contributed by atoms with Crippen molar-refractivity contribution in [1.29, 1.82) is 0 Å². The van der Waals surface area contributed by atoms with E-state index in [4.69, 9.17) is 15.2 Å². The first-order valence-electron chi connectivity index (χ1n) is 6.41. The maximum absolute atomic E-state index is 5.69. The molecular formula is C12H28IN3O2. The molecule has 0 atom stereocenters. The van der Waals surface area contributed by atoms with Crippen LogP contribution in [0.4, 0.5) is 0 Å². The minimum atomic E-state index is 0. The Labute approximate surface area is 128 Å². The minimum absolute atomic E-state index is 0. The molecule has 0 radical (unpaired) electrons. The average Bonchev–Trinajstić information content (AvgIpc) is 2.33. The molecule has 18 heavy (non-hydrogen) atoms. The van der Waals surface area contributed by atoms with Gasteiger partial charge in [0.25, 0.3) is 0 Å². The Morgan fingerprint density at radius 3 is 2.61 bits per heavy atom. The number of halogens is 1. The zero-order chi connectivity index (χ0) is 12.8. The normalized spacial score (nSPS) is 11.1. The highest BCUT2D eigenvalue weighted by atomic mass is 127. The number of unbranched alkanes of at least 4 members (excludes halogenated alkanes) is 2. The quantitative estimate of drug-likeness (QED) is 0.251. The van der Waals surface area contributed by atoms with Crippen molar-refractivity contribution in [3.8, 4) is 0 Å². The Kier molecular flexibility index (Phi) is 19.0. The van der Waals surface area contributed by atoms with Crippen molar-refractivity contribution in [2.45, 2.75) is 32.6 Å². The van der Waals surface area contributed by atoms with Crippen LogP contribution in [0.3, 0.4) is 0 Å². The molecule has 0 saturated heterocycles. The van der Waals surface area contributed by atoms with E-state index >= 15 is 0 Å². The van der Waals surface area contributed by atoms with Gasteiger partial charge in [-0.15, -0.1) is 24.0 Å². The van der Waals surface area contributed by atoms with E-state index in [0.717, 1.165) is 39.0 Å². The summed E-state index contributed by atoms with van der Waals surface area (Å²) >= 11 is 0. The molecule has 0 aromatic rings. The molecule has 6 heteroatoms. The van der Waals surface area contributed by atoms with Gasteiger partial charge in [0.2, 0.25) is 0 Å². The Morgan fingerprint density at radius 2 is 1.94 bits per heavy atom. The van der Waals surface area contributed by atoms with Crippen molar-refractivity contribution in [2.75, 3.05) is 40.0 Å². The van der Waals surface area contributed by atoms with Crippen LogP contribution in [0.25, 0.3) is 0 Å². The van der Waals surface area contributed by atoms with Crippen LogP contribution < -0.4 is 11.1 Å². The van der Waals surface area contributed by atoms with E-state index in [1.165, 1.54) is 6.42 Å². The molecule has 0 heterocycles. The first kappa shape index (κ1) is 20.2. The summed E-state index contributed by atoms with van der Waals surface area (Å²) < 4.78 is 10.2. The summed E-state index contributed by atoms with van der Waals surface area (Å²) in [5.74, 6) is 0.554. The maximum atomic E-state index is 5.69. The molecule has 3 N–H and O–H groups in total. The van der Waals surface area contributed by atoms with Gasteiger partial charge in [-0.05, 0) is 19.3 Å². The number of ether oxygens (including phenoxy) is 2. The highest BCUT2D eigenvalue weighted by Gasteiger charge is 1.92. The van der Waals surface area contributed by atoms with Gasteiger partial charge in [0, 0.05) is 26.8 Å². The molecule has 0 aromatic carbocycles. The Bertz CT molecular complexity index is 192. The molecule has 0 aliphatic carbocycles. The van der Waals surface area contributed by atoms with Crippen LogP contribution >= 0.6 is 24.0 Å². The van der Waals surface area contributed by atoms with Crippen LogP contribution in [0.5, 0.6) is 0 Å². The van der Waals surface area contributed by atoms with Crippen molar-refractivity contribution < 1.29 is 9.47 Å². The molecule has 5 nitrogen and oxygen atoms in total. The third-order valence-corrected chi connectivity index (χ3v) is 2.25. The summed E-state index contributed by atoms with van der Waals surface area (Å²) in [6.45, 7) is 5.91. The van der Waals surface area contributed by atoms with Gasteiger partial charge in [0.15, 0.2) is 5.96 Å².